The minimum atomic E-state index is -0.443. The Hall–Kier alpha value is -3.18. The lowest BCUT2D eigenvalue weighted by molar-refractivity contribution is 0.0952. The van der Waals surface area contributed by atoms with Gasteiger partial charge in [-0.3, -0.25) is 9.59 Å². The van der Waals surface area contributed by atoms with Gasteiger partial charge in [0.15, 0.2) is 0 Å². The molecule has 1 fully saturated rings. The number of benzene rings is 3. The average Bonchev–Trinajstić information content (AvgIpc) is 2.79. The molecule has 0 radical (unpaired) electrons. The van der Waals surface area contributed by atoms with Crippen LogP contribution in [0.1, 0.15) is 46.4 Å². The number of carbonyl (C=O) groups is 2. The summed E-state index contributed by atoms with van der Waals surface area (Å²) in [6.45, 7) is 1.74. The van der Waals surface area contributed by atoms with E-state index < -0.39 is 5.91 Å². The van der Waals surface area contributed by atoms with Crippen LogP contribution in [0, 0.1) is 0 Å². The van der Waals surface area contributed by atoms with Gasteiger partial charge in [0.25, 0.3) is 5.91 Å². The first-order chi connectivity index (χ1) is 14.6. The Morgan fingerprint density at radius 2 is 1.73 bits per heavy atom. The highest BCUT2D eigenvalue weighted by Gasteiger charge is 2.15. The predicted octanol–water partition coefficient (Wildman–Crippen LogP) is 3.87. The van der Waals surface area contributed by atoms with Crippen molar-refractivity contribution in [1.29, 1.82) is 0 Å². The summed E-state index contributed by atoms with van der Waals surface area (Å²) < 4.78 is 0. The molecule has 1 aliphatic rings. The van der Waals surface area contributed by atoms with Gasteiger partial charge in [-0.15, -0.1) is 0 Å². The van der Waals surface area contributed by atoms with Crippen LogP contribution in [0.5, 0.6) is 0 Å². The third-order valence-corrected chi connectivity index (χ3v) is 5.84. The van der Waals surface area contributed by atoms with Crippen LogP contribution in [0.25, 0.3) is 21.9 Å². The molecule has 5 nitrogen and oxygen atoms in total. The van der Waals surface area contributed by atoms with Gasteiger partial charge in [-0.05, 0) is 65.9 Å². The van der Waals surface area contributed by atoms with Crippen molar-refractivity contribution in [2.45, 2.75) is 31.7 Å². The predicted molar refractivity (Wildman–Crippen MR) is 120 cm³/mol. The minimum Gasteiger partial charge on any atom is -0.366 e. The lowest BCUT2D eigenvalue weighted by atomic mass is 9.95. The molecular weight excluding hydrogens is 374 g/mol. The van der Waals surface area contributed by atoms with Gasteiger partial charge in [-0.25, -0.2) is 0 Å². The van der Waals surface area contributed by atoms with Crippen molar-refractivity contribution in [2.75, 3.05) is 13.1 Å². The number of fused-ring (bicyclic) bond motifs is 1. The van der Waals surface area contributed by atoms with Crippen molar-refractivity contribution in [3.05, 3.63) is 71.8 Å². The summed E-state index contributed by atoms with van der Waals surface area (Å²) in [5.41, 5.74) is 8.50. The third kappa shape index (κ3) is 4.36. The monoisotopic (exact) mass is 401 g/mol. The number of piperidine rings is 1. The van der Waals surface area contributed by atoms with E-state index in [1.54, 1.807) is 12.1 Å². The number of hydrogen-bond donors (Lipinski definition) is 3. The number of hydrogen-bond acceptors (Lipinski definition) is 3. The van der Waals surface area contributed by atoms with Gasteiger partial charge < -0.3 is 16.4 Å². The SMILES string of the molecule is NC(=O)c1ccc(-c2cccc3c(C(=O)NCCC4CCCCN4)cccc23)cc1. The molecule has 1 unspecified atom stereocenters. The van der Waals surface area contributed by atoms with E-state index in [-0.39, 0.29) is 5.91 Å². The van der Waals surface area contributed by atoms with Crippen LogP contribution >= 0.6 is 0 Å². The lowest BCUT2D eigenvalue weighted by Gasteiger charge is -2.23. The molecule has 30 heavy (non-hydrogen) atoms. The van der Waals surface area contributed by atoms with Crippen LogP contribution in [0.15, 0.2) is 60.7 Å². The molecule has 1 aliphatic heterocycles. The molecule has 0 bridgehead atoms. The molecule has 0 aromatic heterocycles. The van der Waals surface area contributed by atoms with Gasteiger partial charge in [-0.2, -0.15) is 0 Å². The van der Waals surface area contributed by atoms with E-state index in [0.717, 1.165) is 34.9 Å². The number of rotatable bonds is 6. The van der Waals surface area contributed by atoms with Crippen LogP contribution in [0.3, 0.4) is 0 Å². The summed E-state index contributed by atoms with van der Waals surface area (Å²) in [6, 6.07) is 19.5. The van der Waals surface area contributed by atoms with E-state index in [2.05, 4.69) is 10.6 Å². The molecular formula is C25H27N3O2. The molecule has 3 aromatic carbocycles. The lowest BCUT2D eigenvalue weighted by Crippen LogP contribution is -2.37. The Morgan fingerprint density at radius 3 is 2.47 bits per heavy atom. The second kappa shape index (κ2) is 9.09. The number of primary amides is 1. The Balaban J connectivity index is 1.55. The molecule has 5 heteroatoms. The summed E-state index contributed by atoms with van der Waals surface area (Å²) in [4.78, 5) is 24.2. The van der Waals surface area contributed by atoms with Crippen LogP contribution in [0.4, 0.5) is 0 Å². The summed E-state index contributed by atoms with van der Waals surface area (Å²) >= 11 is 0. The van der Waals surface area contributed by atoms with Crippen molar-refractivity contribution < 1.29 is 9.59 Å². The molecule has 3 aromatic rings. The molecule has 0 aliphatic carbocycles. The second-order valence-corrected chi connectivity index (χ2v) is 7.84. The molecule has 4 N–H and O–H groups in total. The largest absolute Gasteiger partial charge is 0.366 e. The third-order valence-electron chi connectivity index (χ3n) is 5.84. The van der Waals surface area contributed by atoms with E-state index in [4.69, 9.17) is 5.73 Å². The fourth-order valence-corrected chi connectivity index (χ4v) is 4.20. The van der Waals surface area contributed by atoms with Crippen LogP contribution in [-0.4, -0.2) is 30.9 Å². The second-order valence-electron chi connectivity index (χ2n) is 7.84. The first-order valence-corrected chi connectivity index (χ1v) is 10.6. The molecule has 0 spiro atoms. The molecule has 154 valence electrons. The number of amides is 2. The maximum absolute atomic E-state index is 12.9. The molecule has 4 rings (SSSR count). The van der Waals surface area contributed by atoms with Gasteiger partial charge in [0, 0.05) is 23.7 Å². The van der Waals surface area contributed by atoms with Crippen molar-refractivity contribution >= 4 is 22.6 Å². The topological polar surface area (TPSA) is 84.2 Å². The van der Waals surface area contributed by atoms with Gasteiger partial charge in [0.1, 0.15) is 0 Å². The average molecular weight is 402 g/mol. The molecule has 0 saturated carbocycles. The van der Waals surface area contributed by atoms with E-state index in [1.807, 2.05) is 48.5 Å². The molecule has 1 heterocycles. The van der Waals surface area contributed by atoms with Crippen LogP contribution in [-0.2, 0) is 0 Å². The van der Waals surface area contributed by atoms with E-state index in [1.165, 1.54) is 19.3 Å². The van der Waals surface area contributed by atoms with Gasteiger partial charge >= 0.3 is 0 Å². The fourth-order valence-electron chi connectivity index (χ4n) is 4.20. The van der Waals surface area contributed by atoms with Gasteiger partial charge in [0.2, 0.25) is 5.91 Å². The summed E-state index contributed by atoms with van der Waals surface area (Å²) in [5, 5.41) is 8.53. The summed E-state index contributed by atoms with van der Waals surface area (Å²) in [5.74, 6) is -0.487. The minimum absolute atomic E-state index is 0.0439. The standard InChI is InChI=1S/C25H27N3O2/c26-24(29)18-12-10-17(11-13-18)20-6-3-8-22-21(20)7-4-9-23(22)25(30)28-16-14-19-5-1-2-15-27-19/h3-4,6-13,19,27H,1-2,5,14-16H2,(H2,26,29)(H,28,30). The normalized spacial score (nSPS) is 16.3. The number of nitrogens with two attached hydrogens (primary N) is 1. The van der Waals surface area contributed by atoms with Crippen molar-refractivity contribution in [2.24, 2.45) is 5.73 Å². The Labute approximate surface area is 176 Å². The maximum atomic E-state index is 12.9. The molecule has 1 atom stereocenters. The van der Waals surface area contributed by atoms with Crippen LogP contribution in [0.2, 0.25) is 0 Å². The summed E-state index contributed by atoms with van der Waals surface area (Å²) in [6.07, 6.45) is 4.64. The number of nitrogens with one attached hydrogen (secondary N) is 2. The smallest absolute Gasteiger partial charge is 0.251 e. The van der Waals surface area contributed by atoms with Crippen LogP contribution < -0.4 is 16.4 Å². The van der Waals surface area contributed by atoms with Gasteiger partial charge in [-0.1, -0.05) is 48.9 Å². The number of carbonyl (C=O) groups excluding carboxylic acids is 2. The van der Waals surface area contributed by atoms with E-state index in [0.29, 0.717) is 23.7 Å². The summed E-state index contributed by atoms with van der Waals surface area (Å²) in [7, 11) is 0. The highest BCUT2D eigenvalue weighted by atomic mass is 16.2. The zero-order valence-corrected chi connectivity index (χ0v) is 17.0. The zero-order valence-electron chi connectivity index (χ0n) is 17.0. The first-order valence-electron chi connectivity index (χ1n) is 10.6. The fraction of sp³-hybridized carbons (Fsp3) is 0.280. The Kier molecular flexibility index (Phi) is 6.10. The van der Waals surface area contributed by atoms with Crippen molar-refractivity contribution in [1.82, 2.24) is 10.6 Å². The molecule has 1 saturated heterocycles. The molecule has 2 amide bonds. The van der Waals surface area contributed by atoms with E-state index in [9.17, 15) is 9.59 Å². The van der Waals surface area contributed by atoms with Gasteiger partial charge in [0.05, 0.1) is 0 Å². The highest BCUT2D eigenvalue weighted by Crippen LogP contribution is 2.30. The quantitative estimate of drug-likeness (QED) is 0.586. The van der Waals surface area contributed by atoms with E-state index >= 15 is 0 Å². The Morgan fingerprint density at radius 1 is 0.967 bits per heavy atom. The first kappa shape index (κ1) is 20.1. The van der Waals surface area contributed by atoms with Crippen molar-refractivity contribution in [3.63, 3.8) is 0 Å². The van der Waals surface area contributed by atoms with Crippen molar-refractivity contribution in [3.8, 4) is 11.1 Å². The zero-order chi connectivity index (χ0) is 20.9. The highest BCUT2D eigenvalue weighted by molar-refractivity contribution is 6.10. The maximum Gasteiger partial charge on any atom is 0.251 e. The Bertz CT molecular complexity index is 1050.